The monoisotopic (exact) mass is 435 g/mol. The minimum atomic E-state index is -3.72. The van der Waals surface area contributed by atoms with Gasteiger partial charge in [0.05, 0.1) is 4.90 Å². The SMILES string of the molecule is CC(=O)N1c2ccc(S(=O)(=O)NCCC(=O)N[C@@H]3CCC[C@H](C)[C@H]3C)cc2C[C@H]1C. The Morgan fingerprint density at radius 2 is 1.90 bits per heavy atom. The van der Waals surface area contributed by atoms with Crippen LogP contribution in [0.25, 0.3) is 0 Å². The van der Waals surface area contributed by atoms with Gasteiger partial charge in [-0.1, -0.05) is 26.7 Å². The van der Waals surface area contributed by atoms with Gasteiger partial charge in [0.25, 0.3) is 0 Å². The third-order valence-electron chi connectivity index (χ3n) is 6.61. The molecule has 0 saturated heterocycles. The largest absolute Gasteiger partial charge is 0.353 e. The lowest BCUT2D eigenvalue weighted by Crippen LogP contribution is -2.44. The van der Waals surface area contributed by atoms with Gasteiger partial charge in [-0.15, -0.1) is 0 Å². The summed E-state index contributed by atoms with van der Waals surface area (Å²) in [5.41, 5.74) is 1.61. The molecule has 1 aliphatic carbocycles. The zero-order valence-electron chi connectivity index (χ0n) is 18.3. The Bertz CT molecular complexity index is 915. The number of hydrogen-bond acceptors (Lipinski definition) is 4. The predicted octanol–water partition coefficient (Wildman–Crippen LogP) is 2.59. The molecule has 1 fully saturated rings. The lowest BCUT2D eigenvalue weighted by Gasteiger charge is -2.34. The Labute approximate surface area is 179 Å². The first kappa shape index (κ1) is 22.7. The first-order valence-corrected chi connectivity index (χ1v) is 12.3. The summed E-state index contributed by atoms with van der Waals surface area (Å²) in [7, 11) is -3.72. The highest BCUT2D eigenvalue weighted by Crippen LogP contribution is 2.34. The van der Waals surface area contributed by atoms with Crippen molar-refractivity contribution >= 4 is 27.5 Å². The molecule has 1 aliphatic heterocycles. The van der Waals surface area contributed by atoms with Gasteiger partial charge in [0.1, 0.15) is 0 Å². The first-order valence-electron chi connectivity index (χ1n) is 10.8. The molecule has 3 rings (SSSR count). The van der Waals surface area contributed by atoms with Gasteiger partial charge in [0.2, 0.25) is 21.8 Å². The molecule has 2 aliphatic rings. The van der Waals surface area contributed by atoms with Crippen LogP contribution in [0, 0.1) is 11.8 Å². The average molecular weight is 436 g/mol. The third kappa shape index (κ3) is 4.86. The summed E-state index contributed by atoms with van der Waals surface area (Å²) in [5, 5.41) is 3.07. The molecule has 2 amide bonds. The maximum Gasteiger partial charge on any atom is 0.240 e. The molecule has 1 heterocycles. The number of sulfonamides is 1. The van der Waals surface area contributed by atoms with Crippen LogP contribution >= 0.6 is 0 Å². The average Bonchev–Trinajstić information content (AvgIpc) is 3.00. The number of carbonyl (C=O) groups is 2. The number of carbonyl (C=O) groups excluding carboxylic acids is 2. The summed E-state index contributed by atoms with van der Waals surface area (Å²) in [4.78, 5) is 26.0. The van der Waals surface area contributed by atoms with Crippen LogP contribution in [0.3, 0.4) is 0 Å². The number of fused-ring (bicyclic) bond motifs is 1. The fourth-order valence-corrected chi connectivity index (χ4v) is 5.78. The Hall–Kier alpha value is -1.93. The fourth-order valence-electron chi connectivity index (χ4n) is 4.70. The molecule has 0 aromatic heterocycles. The lowest BCUT2D eigenvalue weighted by atomic mass is 9.78. The summed E-state index contributed by atoms with van der Waals surface area (Å²) in [5.74, 6) is 0.845. The molecular formula is C22H33N3O4S. The van der Waals surface area contributed by atoms with E-state index in [1.165, 1.54) is 19.4 Å². The van der Waals surface area contributed by atoms with Gasteiger partial charge < -0.3 is 10.2 Å². The summed E-state index contributed by atoms with van der Waals surface area (Å²) < 4.78 is 27.9. The Balaban J connectivity index is 1.56. The molecule has 166 valence electrons. The van der Waals surface area contributed by atoms with Gasteiger partial charge in [0, 0.05) is 37.7 Å². The van der Waals surface area contributed by atoms with E-state index in [2.05, 4.69) is 23.9 Å². The zero-order chi connectivity index (χ0) is 22.1. The van der Waals surface area contributed by atoms with E-state index >= 15 is 0 Å². The normalized spacial score (nSPS) is 26.3. The van der Waals surface area contributed by atoms with Gasteiger partial charge in [-0.25, -0.2) is 13.1 Å². The van der Waals surface area contributed by atoms with Crippen LogP contribution in [0.5, 0.6) is 0 Å². The molecule has 0 spiro atoms. The number of rotatable bonds is 6. The molecule has 8 heteroatoms. The minimum Gasteiger partial charge on any atom is -0.353 e. The van der Waals surface area contributed by atoms with Gasteiger partial charge in [0.15, 0.2) is 0 Å². The van der Waals surface area contributed by atoms with Crippen LogP contribution < -0.4 is 14.9 Å². The summed E-state index contributed by atoms with van der Waals surface area (Å²) in [6.45, 7) is 7.89. The van der Waals surface area contributed by atoms with E-state index in [-0.39, 0.29) is 41.8 Å². The van der Waals surface area contributed by atoms with Crippen molar-refractivity contribution in [3.63, 3.8) is 0 Å². The Morgan fingerprint density at radius 1 is 1.17 bits per heavy atom. The van der Waals surface area contributed by atoms with Gasteiger partial charge in [-0.2, -0.15) is 0 Å². The van der Waals surface area contributed by atoms with E-state index in [0.29, 0.717) is 18.3 Å². The number of nitrogens with zero attached hydrogens (tertiary/aromatic N) is 1. The number of amides is 2. The first-order chi connectivity index (χ1) is 14.1. The molecule has 1 saturated carbocycles. The van der Waals surface area contributed by atoms with Crippen molar-refractivity contribution in [3.8, 4) is 0 Å². The molecule has 1 aromatic carbocycles. The second-order valence-electron chi connectivity index (χ2n) is 8.82. The van der Waals surface area contributed by atoms with Crippen LogP contribution in [0.15, 0.2) is 23.1 Å². The number of anilines is 1. The summed E-state index contributed by atoms with van der Waals surface area (Å²) >= 11 is 0. The quantitative estimate of drug-likeness (QED) is 0.718. The Kier molecular flexibility index (Phi) is 6.87. The van der Waals surface area contributed by atoms with E-state index in [9.17, 15) is 18.0 Å². The van der Waals surface area contributed by atoms with Crippen molar-refractivity contribution in [1.82, 2.24) is 10.0 Å². The van der Waals surface area contributed by atoms with Gasteiger partial charge >= 0.3 is 0 Å². The molecule has 0 unspecified atom stereocenters. The fraction of sp³-hybridized carbons (Fsp3) is 0.636. The third-order valence-corrected chi connectivity index (χ3v) is 8.07. The minimum absolute atomic E-state index is 0.0111. The standard InChI is InChI=1S/C22H33N3O4S/c1-14-6-5-7-20(16(14)3)24-22(27)10-11-23-30(28,29)19-8-9-21-18(13-19)12-15(2)25(21)17(4)26/h8-9,13-16,20,23H,5-7,10-12H2,1-4H3,(H,24,27)/t14-,15+,16+,20+/m0/s1. The van der Waals surface area contributed by atoms with Crippen molar-refractivity contribution < 1.29 is 18.0 Å². The van der Waals surface area contributed by atoms with E-state index in [1.807, 2.05) is 6.92 Å². The van der Waals surface area contributed by atoms with Crippen LogP contribution in [-0.4, -0.2) is 38.9 Å². The van der Waals surface area contributed by atoms with E-state index in [1.54, 1.807) is 17.0 Å². The van der Waals surface area contributed by atoms with E-state index < -0.39 is 10.0 Å². The van der Waals surface area contributed by atoms with E-state index in [4.69, 9.17) is 0 Å². The maximum atomic E-state index is 12.7. The highest BCUT2D eigenvalue weighted by molar-refractivity contribution is 7.89. The van der Waals surface area contributed by atoms with Crippen LogP contribution in [-0.2, 0) is 26.0 Å². The van der Waals surface area contributed by atoms with Crippen LogP contribution in [0.4, 0.5) is 5.69 Å². The number of hydrogen-bond donors (Lipinski definition) is 2. The molecule has 30 heavy (non-hydrogen) atoms. The van der Waals surface area contributed by atoms with Crippen molar-refractivity contribution in [1.29, 1.82) is 0 Å². The number of benzene rings is 1. The van der Waals surface area contributed by atoms with Gasteiger partial charge in [-0.3, -0.25) is 9.59 Å². The van der Waals surface area contributed by atoms with Crippen molar-refractivity contribution in [2.45, 2.75) is 76.8 Å². The van der Waals surface area contributed by atoms with Crippen molar-refractivity contribution in [2.75, 3.05) is 11.4 Å². The number of nitrogens with one attached hydrogen (secondary N) is 2. The highest BCUT2D eigenvalue weighted by Gasteiger charge is 2.30. The predicted molar refractivity (Wildman–Crippen MR) is 117 cm³/mol. The molecule has 2 N–H and O–H groups in total. The summed E-state index contributed by atoms with van der Waals surface area (Å²) in [6, 6.07) is 5.01. The second-order valence-corrected chi connectivity index (χ2v) is 10.6. The lowest BCUT2D eigenvalue weighted by molar-refractivity contribution is -0.122. The second kappa shape index (κ2) is 9.06. The highest BCUT2D eigenvalue weighted by atomic mass is 32.2. The summed E-state index contributed by atoms with van der Waals surface area (Å²) in [6.07, 6.45) is 4.02. The zero-order valence-corrected chi connectivity index (χ0v) is 19.1. The van der Waals surface area contributed by atoms with E-state index in [0.717, 1.165) is 24.1 Å². The molecule has 0 radical (unpaired) electrons. The van der Waals surface area contributed by atoms with Crippen LogP contribution in [0.2, 0.25) is 0 Å². The maximum absolute atomic E-state index is 12.7. The molecular weight excluding hydrogens is 402 g/mol. The molecule has 1 aromatic rings. The topological polar surface area (TPSA) is 95.6 Å². The van der Waals surface area contributed by atoms with Crippen molar-refractivity contribution in [3.05, 3.63) is 23.8 Å². The van der Waals surface area contributed by atoms with Crippen LogP contribution in [0.1, 0.15) is 58.9 Å². The Morgan fingerprint density at radius 3 is 2.60 bits per heavy atom. The van der Waals surface area contributed by atoms with Gasteiger partial charge in [-0.05, 0) is 55.4 Å². The smallest absolute Gasteiger partial charge is 0.240 e. The van der Waals surface area contributed by atoms with Crippen molar-refractivity contribution in [2.24, 2.45) is 11.8 Å². The molecule has 4 atom stereocenters. The molecule has 7 nitrogen and oxygen atoms in total. The molecule has 0 bridgehead atoms.